The third-order valence-electron chi connectivity index (χ3n) is 3.94. The fraction of sp³-hybridized carbons (Fsp3) is 0.600. The molecule has 0 aliphatic carbocycles. The molecule has 0 bridgehead atoms. The van der Waals surface area contributed by atoms with Gasteiger partial charge in [0.15, 0.2) is 0 Å². The lowest BCUT2D eigenvalue weighted by Gasteiger charge is -2.31. The van der Waals surface area contributed by atoms with E-state index < -0.39 is 0 Å². The van der Waals surface area contributed by atoms with Crippen molar-refractivity contribution >= 4 is 23.5 Å². The summed E-state index contributed by atoms with van der Waals surface area (Å²) >= 11 is 5.89. The highest BCUT2D eigenvalue weighted by atomic mass is 35.5. The molecule has 1 unspecified atom stereocenters. The number of halogens is 1. The van der Waals surface area contributed by atoms with E-state index in [-0.39, 0.29) is 11.9 Å². The molecule has 1 N–H and O–H groups in total. The van der Waals surface area contributed by atoms with E-state index in [0.29, 0.717) is 29.7 Å². The smallest absolute Gasteiger partial charge is 0.319 e. The number of nitrogens with one attached hydrogen (secondary N) is 1. The van der Waals surface area contributed by atoms with Crippen molar-refractivity contribution in [1.29, 1.82) is 0 Å². The number of ether oxygens (including phenoxy) is 1. The van der Waals surface area contributed by atoms with Gasteiger partial charge in [0.2, 0.25) is 0 Å². The topological polar surface area (TPSA) is 63.6 Å². The SMILES string of the molecule is COC(=O)CN1CCCC(CNC(=O)c2cc(Cl)cn2C)C1. The van der Waals surface area contributed by atoms with Crippen LogP contribution in [0.4, 0.5) is 0 Å². The highest BCUT2D eigenvalue weighted by molar-refractivity contribution is 6.31. The van der Waals surface area contributed by atoms with Crippen LogP contribution >= 0.6 is 11.6 Å². The van der Waals surface area contributed by atoms with Crippen LogP contribution in [-0.2, 0) is 16.6 Å². The molecule has 1 fully saturated rings. The lowest BCUT2D eigenvalue weighted by molar-refractivity contribution is -0.142. The van der Waals surface area contributed by atoms with Crippen molar-refractivity contribution in [3.05, 3.63) is 23.0 Å². The second-order valence-corrected chi connectivity index (χ2v) is 6.12. The molecule has 1 aliphatic heterocycles. The van der Waals surface area contributed by atoms with Gasteiger partial charge >= 0.3 is 5.97 Å². The van der Waals surface area contributed by atoms with Gasteiger partial charge < -0.3 is 14.6 Å². The number of amides is 1. The molecular weight excluding hydrogens is 306 g/mol. The van der Waals surface area contributed by atoms with Crippen LogP contribution in [0.1, 0.15) is 23.3 Å². The van der Waals surface area contributed by atoms with Crippen molar-refractivity contribution in [2.24, 2.45) is 13.0 Å². The normalized spacial score (nSPS) is 19.0. The summed E-state index contributed by atoms with van der Waals surface area (Å²) in [5.74, 6) is 0.000672. The summed E-state index contributed by atoms with van der Waals surface area (Å²) < 4.78 is 6.40. The number of carbonyl (C=O) groups excluding carboxylic acids is 2. The maximum Gasteiger partial charge on any atom is 0.319 e. The number of carbonyl (C=O) groups is 2. The zero-order valence-electron chi connectivity index (χ0n) is 13.0. The van der Waals surface area contributed by atoms with Crippen molar-refractivity contribution in [2.75, 3.05) is 33.3 Å². The van der Waals surface area contributed by atoms with Gasteiger partial charge in [-0.15, -0.1) is 0 Å². The molecule has 122 valence electrons. The Labute approximate surface area is 135 Å². The van der Waals surface area contributed by atoms with Crippen molar-refractivity contribution in [2.45, 2.75) is 12.8 Å². The molecule has 7 heteroatoms. The molecule has 0 spiro atoms. The molecule has 1 aromatic rings. The molecule has 22 heavy (non-hydrogen) atoms. The van der Waals surface area contributed by atoms with E-state index in [0.717, 1.165) is 25.9 Å². The fourth-order valence-corrected chi connectivity index (χ4v) is 3.04. The van der Waals surface area contributed by atoms with Gasteiger partial charge in [0, 0.05) is 26.3 Å². The number of esters is 1. The highest BCUT2D eigenvalue weighted by Crippen LogP contribution is 2.16. The first-order valence-corrected chi connectivity index (χ1v) is 7.76. The van der Waals surface area contributed by atoms with Crippen molar-refractivity contribution in [3.8, 4) is 0 Å². The zero-order chi connectivity index (χ0) is 16.1. The van der Waals surface area contributed by atoms with Crippen LogP contribution in [0.3, 0.4) is 0 Å². The summed E-state index contributed by atoms with van der Waals surface area (Å²) in [7, 11) is 3.19. The first-order chi connectivity index (χ1) is 10.5. The van der Waals surface area contributed by atoms with Gasteiger partial charge in [-0.2, -0.15) is 0 Å². The molecule has 6 nitrogen and oxygen atoms in total. The maximum atomic E-state index is 12.1. The van der Waals surface area contributed by atoms with Gasteiger partial charge in [-0.3, -0.25) is 14.5 Å². The quantitative estimate of drug-likeness (QED) is 0.828. The van der Waals surface area contributed by atoms with E-state index in [4.69, 9.17) is 16.3 Å². The number of aromatic nitrogens is 1. The molecule has 0 radical (unpaired) electrons. The largest absolute Gasteiger partial charge is 0.468 e. The summed E-state index contributed by atoms with van der Waals surface area (Å²) in [5, 5.41) is 3.50. The van der Waals surface area contributed by atoms with Gasteiger partial charge in [-0.25, -0.2) is 0 Å². The summed E-state index contributed by atoms with van der Waals surface area (Å²) in [4.78, 5) is 25.6. The third kappa shape index (κ3) is 4.48. The predicted molar refractivity (Wildman–Crippen MR) is 83.9 cm³/mol. The minimum absolute atomic E-state index is 0.125. The van der Waals surface area contributed by atoms with Crippen molar-refractivity contribution < 1.29 is 14.3 Å². The van der Waals surface area contributed by atoms with Gasteiger partial charge in [0.25, 0.3) is 5.91 Å². The molecule has 0 saturated carbocycles. The van der Waals surface area contributed by atoms with E-state index in [1.54, 1.807) is 23.9 Å². The van der Waals surface area contributed by atoms with Crippen LogP contribution in [-0.4, -0.2) is 54.6 Å². The van der Waals surface area contributed by atoms with Gasteiger partial charge in [-0.05, 0) is 31.4 Å². The Morgan fingerprint density at radius 1 is 1.50 bits per heavy atom. The highest BCUT2D eigenvalue weighted by Gasteiger charge is 2.22. The second kappa shape index (κ2) is 7.65. The number of likely N-dealkylation sites (tertiary alicyclic amines) is 1. The van der Waals surface area contributed by atoms with Gasteiger partial charge in [-0.1, -0.05) is 11.6 Å². The number of hydrogen-bond acceptors (Lipinski definition) is 4. The van der Waals surface area contributed by atoms with E-state index in [1.807, 2.05) is 0 Å². The number of aryl methyl sites for hydroxylation is 1. The maximum absolute atomic E-state index is 12.1. The van der Waals surface area contributed by atoms with Crippen LogP contribution in [0.2, 0.25) is 5.02 Å². The molecule has 2 heterocycles. The summed E-state index contributed by atoms with van der Waals surface area (Å²) in [6, 6.07) is 1.65. The minimum atomic E-state index is -0.219. The Hall–Kier alpha value is -1.53. The lowest BCUT2D eigenvalue weighted by atomic mass is 9.98. The predicted octanol–water partition coefficient (Wildman–Crippen LogP) is 1.29. The molecular formula is C15H22ClN3O3. The molecule has 1 aromatic heterocycles. The standard InChI is InChI=1S/C15H22ClN3O3/c1-18-9-12(16)6-13(18)15(21)17-7-11-4-3-5-19(8-11)10-14(20)22-2/h6,9,11H,3-5,7-8,10H2,1-2H3,(H,17,21). The number of rotatable bonds is 5. The number of hydrogen-bond donors (Lipinski definition) is 1. The van der Waals surface area contributed by atoms with Crippen LogP contribution < -0.4 is 5.32 Å². The Balaban J connectivity index is 1.82. The zero-order valence-corrected chi connectivity index (χ0v) is 13.7. The summed E-state index contributed by atoms with van der Waals surface area (Å²) in [6.07, 6.45) is 3.77. The Morgan fingerprint density at radius 3 is 2.91 bits per heavy atom. The molecule has 1 atom stereocenters. The van der Waals surface area contributed by atoms with Crippen LogP contribution in [0.5, 0.6) is 0 Å². The van der Waals surface area contributed by atoms with Crippen LogP contribution in [0.15, 0.2) is 12.3 Å². The minimum Gasteiger partial charge on any atom is -0.468 e. The van der Waals surface area contributed by atoms with Gasteiger partial charge in [0.05, 0.1) is 18.7 Å². The molecule has 2 rings (SSSR count). The van der Waals surface area contributed by atoms with Crippen molar-refractivity contribution in [3.63, 3.8) is 0 Å². The first-order valence-electron chi connectivity index (χ1n) is 7.39. The van der Waals surface area contributed by atoms with Crippen LogP contribution in [0, 0.1) is 5.92 Å². The lowest BCUT2D eigenvalue weighted by Crippen LogP contribution is -2.43. The van der Waals surface area contributed by atoms with Gasteiger partial charge in [0.1, 0.15) is 5.69 Å². The molecule has 1 amide bonds. The average molecular weight is 328 g/mol. The monoisotopic (exact) mass is 327 g/mol. The molecule has 0 aromatic carbocycles. The molecule has 1 saturated heterocycles. The van der Waals surface area contributed by atoms with Crippen LogP contribution in [0.25, 0.3) is 0 Å². The number of nitrogens with zero attached hydrogens (tertiary/aromatic N) is 2. The Kier molecular flexibility index (Phi) is 5.85. The summed E-state index contributed by atoms with van der Waals surface area (Å²) in [5.41, 5.74) is 0.548. The fourth-order valence-electron chi connectivity index (χ4n) is 2.79. The van der Waals surface area contributed by atoms with E-state index in [1.165, 1.54) is 7.11 Å². The first kappa shape index (κ1) is 16.8. The third-order valence-corrected chi connectivity index (χ3v) is 4.15. The van der Waals surface area contributed by atoms with Crippen molar-refractivity contribution in [1.82, 2.24) is 14.8 Å². The number of piperidine rings is 1. The molecule has 1 aliphatic rings. The average Bonchev–Trinajstić information content (AvgIpc) is 2.84. The van der Waals surface area contributed by atoms with E-state index in [2.05, 4.69) is 10.2 Å². The van der Waals surface area contributed by atoms with E-state index in [9.17, 15) is 9.59 Å². The second-order valence-electron chi connectivity index (χ2n) is 5.68. The van der Waals surface area contributed by atoms with E-state index >= 15 is 0 Å². The Morgan fingerprint density at radius 2 is 2.27 bits per heavy atom. The number of methoxy groups -OCH3 is 1. The summed E-state index contributed by atoms with van der Waals surface area (Å²) in [6.45, 7) is 2.60. The Bertz CT molecular complexity index is 544.